The molecule has 2 N–H and O–H groups in total. The summed E-state index contributed by atoms with van der Waals surface area (Å²) in [7, 11) is 3.25. The molecule has 0 aromatic heterocycles. The third kappa shape index (κ3) is 3.59. The Kier molecular flexibility index (Phi) is 5.24. The van der Waals surface area contributed by atoms with Gasteiger partial charge in [-0.3, -0.25) is 4.79 Å². The minimum Gasteiger partial charge on any atom is -0.493 e. The number of likely N-dealkylation sites (N-methyl/N-ethyl adjacent to an activating group) is 1. The molecule has 0 heterocycles. The van der Waals surface area contributed by atoms with Crippen molar-refractivity contribution in [3.8, 4) is 5.75 Å². The van der Waals surface area contributed by atoms with Crippen LogP contribution in [-0.4, -0.2) is 26.1 Å². The number of carbonyl (C=O) groups is 1. The number of hydrogen-bond donors (Lipinski definition) is 2. The molecule has 0 saturated carbocycles. The second-order valence-electron chi connectivity index (χ2n) is 3.47. The lowest BCUT2D eigenvalue weighted by Crippen LogP contribution is -2.35. The van der Waals surface area contributed by atoms with E-state index < -0.39 is 0 Å². The summed E-state index contributed by atoms with van der Waals surface area (Å²) in [4.78, 5) is 11.7. The van der Waals surface area contributed by atoms with Gasteiger partial charge in [0, 0.05) is 5.02 Å². The number of benzene rings is 1. The highest BCUT2D eigenvalue weighted by Gasteiger charge is 2.15. The van der Waals surface area contributed by atoms with Gasteiger partial charge in [-0.25, -0.2) is 0 Å². The van der Waals surface area contributed by atoms with Crippen LogP contribution >= 0.6 is 27.5 Å². The highest BCUT2D eigenvalue weighted by molar-refractivity contribution is 9.10. The number of carbonyl (C=O) groups excluding carboxylic acids is 1. The highest BCUT2D eigenvalue weighted by Crippen LogP contribution is 2.36. The van der Waals surface area contributed by atoms with Crippen molar-refractivity contribution >= 4 is 39.1 Å². The van der Waals surface area contributed by atoms with Gasteiger partial charge in [0.05, 0.1) is 23.3 Å². The van der Waals surface area contributed by atoms with Crippen LogP contribution in [0.15, 0.2) is 16.6 Å². The van der Waals surface area contributed by atoms with Crippen LogP contribution in [0.2, 0.25) is 5.02 Å². The Balaban J connectivity index is 3.01. The molecule has 17 heavy (non-hydrogen) atoms. The Labute approximate surface area is 114 Å². The molecular formula is C11H14BrClN2O2. The van der Waals surface area contributed by atoms with E-state index in [0.717, 1.165) is 0 Å². The number of nitrogens with one attached hydrogen (secondary N) is 2. The molecule has 0 spiro atoms. The van der Waals surface area contributed by atoms with Crippen molar-refractivity contribution in [2.45, 2.75) is 13.0 Å². The van der Waals surface area contributed by atoms with Gasteiger partial charge in [0.2, 0.25) is 5.91 Å². The summed E-state index contributed by atoms with van der Waals surface area (Å²) in [5.41, 5.74) is 0.541. The molecule has 6 heteroatoms. The molecular weight excluding hydrogens is 307 g/mol. The number of halogens is 2. The second-order valence-corrected chi connectivity index (χ2v) is 4.76. The quantitative estimate of drug-likeness (QED) is 0.896. The summed E-state index contributed by atoms with van der Waals surface area (Å²) >= 11 is 9.25. The first kappa shape index (κ1) is 14.3. The Bertz CT molecular complexity index is 426. The van der Waals surface area contributed by atoms with E-state index in [-0.39, 0.29) is 11.9 Å². The Morgan fingerprint density at radius 1 is 1.53 bits per heavy atom. The van der Waals surface area contributed by atoms with Crippen molar-refractivity contribution in [2.24, 2.45) is 0 Å². The number of methoxy groups -OCH3 is 1. The minimum atomic E-state index is -0.294. The molecule has 94 valence electrons. The number of rotatable bonds is 4. The maximum atomic E-state index is 11.7. The van der Waals surface area contributed by atoms with Gasteiger partial charge in [0.1, 0.15) is 0 Å². The fourth-order valence-electron chi connectivity index (χ4n) is 1.23. The zero-order valence-corrected chi connectivity index (χ0v) is 12.1. The van der Waals surface area contributed by atoms with Crippen LogP contribution < -0.4 is 15.4 Å². The fraction of sp³-hybridized carbons (Fsp3) is 0.364. The summed E-state index contributed by atoms with van der Waals surface area (Å²) < 4.78 is 5.90. The van der Waals surface area contributed by atoms with Gasteiger partial charge in [-0.2, -0.15) is 0 Å². The molecule has 0 bridgehead atoms. The van der Waals surface area contributed by atoms with Crippen molar-refractivity contribution < 1.29 is 9.53 Å². The van der Waals surface area contributed by atoms with E-state index in [2.05, 4.69) is 26.6 Å². The monoisotopic (exact) mass is 320 g/mol. The smallest absolute Gasteiger partial charge is 0.241 e. The molecule has 0 aliphatic heterocycles. The molecule has 0 aliphatic carbocycles. The van der Waals surface area contributed by atoms with Crippen LogP contribution in [0.3, 0.4) is 0 Å². The second kappa shape index (κ2) is 6.23. The lowest BCUT2D eigenvalue weighted by atomic mass is 10.2. The summed E-state index contributed by atoms with van der Waals surface area (Å²) in [6.45, 7) is 1.77. The summed E-state index contributed by atoms with van der Waals surface area (Å²) in [6.07, 6.45) is 0. The third-order valence-corrected chi connectivity index (χ3v) is 3.10. The lowest BCUT2D eigenvalue weighted by molar-refractivity contribution is -0.117. The molecule has 1 aromatic carbocycles. The first-order valence-corrected chi connectivity index (χ1v) is 6.17. The predicted molar refractivity (Wildman–Crippen MR) is 72.9 cm³/mol. The minimum absolute atomic E-state index is 0.153. The van der Waals surface area contributed by atoms with Crippen LogP contribution in [0.4, 0.5) is 5.69 Å². The van der Waals surface area contributed by atoms with Crippen LogP contribution in [-0.2, 0) is 4.79 Å². The van der Waals surface area contributed by atoms with Gasteiger partial charge >= 0.3 is 0 Å². The maximum absolute atomic E-state index is 11.7. The number of amides is 1. The Hall–Kier alpha value is -0.780. The Morgan fingerprint density at radius 3 is 2.71 bits per heavy atom. The molecule has 1 atom stereocenters. The van der Waals surface area contributed by atoms with Crippen LogP contribution in [0.1, 0.15) is 6.92 Å². The first-order chi connectivity index (χ1) is 7.99. The Morgan fingerprint density at radius 2 is 2.18 bits per heavy atom. The van der Waals surface area contributed by atoms with E-state index in [1.165, 1.54) is 7.11 Å². The lowest BCUT2D eigenvalue weighted by Gasteiger charge is -2.15. The summed E-state index contributed by atoms with van der Waals surface area (Å²) in [6, 6.07) is 3.06. The average molecular weight is 322 g/mol. The van der Waals surface area contributed by atoms with E-state index >= 15 is 0 Å². The topological polar surface area (TPSA) is 50.4 Å². The zero-order chi connectivity index (χ0) is 13.0. The van der Waals surface area contributed by atoms with Crippen molar-refractivity contribution in [2.75, 3.05) is 19.5 Å². The normalized spacial score (nSPS) is 12.1. The van der Waals surface area contributed by atoms with Crippen molar-refractivity contribution in [1.82, 2.24) is 5.32 Å². The molecule has 1 aromatic rings. The molecule has 1 unspecified atom stereocenters. The number of anilines is 1. The van der Waals surface area contributed by atoms with Crippen molar-refractivity contribution in [3.05, 3.63) is 21.6 Å². The average Bonchev–Trinajstić information content (AvgIpc) is 2.27. The van der Waals surface area contributed by atoms with E-state index in [9.17, 15) is 4.79 Å². The van der Waals surface area contributed by atoms with Crippen molar-refractivity contribution in [1.29, 1.82) is 0 Å². The van der Waals surface area contributed by atoms with Crippen molar-refractivity contribution in [3.63, 3.8) is 0 Å². The van der Waals surface area contributed by atoms with Gasteiger partial charge in [-0.05, 0) is 42.0 Å². The molecule has 0 aliphatic rings. The van der Waals surface area contributed by atoms with Gasteiger partial charge < -0.3 is 15.4 Å². The maximum Gasteiger partial charge on any atom is 0.241 e. The van der Waals surface area contributed by atoms with Gasteiger partial charge in [0.25, 0.3) is 0 Å². The first-order valence-electron chi connectivity index (χ1n) is 5.00. The largest absolute Gasteiger partial charge is 0.493 e. The van der Waals surface area contributed by atoms with E-state index in [4.69, 9.17) is 16.3 Å². The van der Waals surface area contributed by atoms with Gasteiger partial charge in [-0.15, -0.1) is 0 Å². The zero-order valence-electron chi connectivity index (χ0n) is 9.80. The van der Waals surface area contributed by atoms with E-state index in [1.807, 2.05) is 0 Å². The van der Waals surface area contributed by atoms with Gasteiger partial charge in [-0.1, -0.05) is 11.6 Å². The standard InChI is InChI=1S/C11H14BrClN2O2/c1-6(14-2)11(16)15-9-5-7(13)4-8(12)10(9)17-3/h4-6,14H,1-3H3,(H,15,16). The van der Waals surface area contributed by atoms with E-state index in [1.54, 1.807) is 26.1 Å². The van der Waals surface area contributed by atoms with Crippen LogP contribution in [0.25, 0.3) is 0 Å². The molecule has 0 radical (unpaired) electrons. The molecule has 0 saturated heterocycles. The van der Waals surface area contributed by atoms with Crippen LogP contribution in [0, 0.1) is 0 Å². The molecule has 1 rings (SSSR count). The molecule has 1 amide bonds. The molecule has 4 nitrogen and oxygen atoms in total. The van der Waals surface area contributed by atoms with Gasteiger partial charge in [0.15, 0.2) is 5.75 Å². The number of ether oxygens (including phenoxy) is 1. The highest BCUT2D eigenvalue weighted by atomic mass is 79.9. The van der Waals surface area contributed by atoms with Crippen LogP contribution in [0.5, 0.6) is 5.75 Å². The van der Waals surface area contributed by atoms with E-state index in [0.29, 0.717) is 20.9 Å². The number of hydrogen-bond acceptors (Lipinski definition) is 3. The predicted octanol–water partition coefficient (Wildman–Crippen LogP) is 2.66. The fourth-order valence-corrected chi connectivity index (χ4v) is 2.20. The summed E-state index contributed by atoms with van der Waals surface area (Å²) in [5.74, 6) is 0.394. The third-order valence-electron chi connectivity index (χ3n) is 2.30. The summed E-state index contributed by atoms with van der Waals surface area (Å²) in [5, 5.41) is 6.13. The molecule has 0 fully saturated rings. The SMILES string of the molecule is CNC(C)C(=O)Nc1cc(Cl)cc(Br)c1OC.